The molecule has 0 spiro atoms. The largest absolute Gasteiger partial charge is 0.507 e. The Kier molecular flexibility index (Phi) is 4.68. The molecule has 0 radical (unpaired) electrons. The van der Waals surface area contributed by atoms with Crippen LogP contribution in [0, 0.1) is 20.8 Å². The van der Waals surface area contributed by atoms with E-state index < -0.39 is 5.97 Å². The van der Waals surface area contributed by atoms with Gasteiger partial charge in [0, 0.05) is 11.9 Å². The van der Waals surface area contributed by atoms with Crippen LogP contribution in [0.15, 0.2) is 46.2 Å². The zero-order chi connectivity index (χ0) is 19.7. The fourth-order valence-electron chi connectivity index (χ4n) is 2.67. The Morgan fingerprint density at radius 2 is 1.85 bits per heavy atom. The van der Waals surface area contributed by atoms with E-state index in [2.05, 4.69) is 10.1 Å². The molecule has 0 bridgehead atoms. The number of carbonyl (C=O) groups is 1. The fourth-order valence-corrected chi connectivity index (χ4v) is 2.67. The van der Waals surface area contributed by atoms with Crippen LogP contribution >= 0.6 is 0 Å². The Hall–Kier alpha value is -3.61. The van der Waals surface area contributed by atoms with Gasteiger partial charge in [-0.2, -0.15) is 0 Å². The second-order valence-corrected chi connectivity index (χ2v) is 6.32. The third kappa shape index (κ3) is 3.52. The number of rotatable bonds is 4. The van der Waals surface area contributed by atoms with Gasteiger partial charge in [-0.05, 0) is 62.2 Å². The van der Waals surface area contributed by atoms with Crippen molar-refractivity contribution in [3.8, 4) is 11.4 Å². The van der Waals surface area contributed by atoms with Crippen molar-refractivity contribution in [2.24, 2.45) is 4.99 Å². The lowest BCUT2D eigenvalue weighted by Crippen LogP contribution is -2.17. The summed E-state index contributed by atoms with van der Waals surface area (Å²) in [6, 6.07) is 9.71. The van der Waals surface area contributed by atoms with Crippen LogP contribution < -0.4 is 5.56 Å². The smallest absolute Gasteiger partial charge is 0.339 e. The standard InChI is InChI=1S/C20H19N3O4/c1-11-4-6-15(8-12(11)2)23-19(25)17(13(3)22-23)10-21-14-5-7-18(24)16(9-14)20(26)27/h4-10,22,24H,1-3H3,(H,26,27). The number of aliphatic imine (C=N–C) groups is 1. The fraction of sp³-hybridized carbons (Fsp3) is 0.150. The Bertz CT molecular complexity index is 1120. The summed E-state index contributed by atoms with van der Waals surface area (Å²) in [5.74, 6) is -1.59. The first-order valence-electron chi connectivity index (χ1n) is 8.27. The molecule has 0 aliphatic heterocycles. The number of aromatic carboxylic acids is 1. The maximum atomic E-state index is 12.7. The minimum absolute atomic E-state index is 0.247. The van der Waals surface area contributed by atoms with E-state index in [0.717, 1.165) is 16.8 Å². The average molecular weight is 365 g/mol. The van der Waals surface area contributed by atoms with Crippen molar-refractivity contribution in [1.29, 1.82) is 0 Å². The molecule has 0 fully saturated rings. The second kappa shape index (κ2) is 6.95. The van der Waals surface area contributed by atoms with Crippen LogP contribution in [0.1, 0.15) is 32.7 Å². The van der Waals surface area contributed by atoms with E-state index >= 15 is 0 Å². The molecular weight excluding hydrogens is 346 g/mol. The number of hydrogen-bond donors (Lipinski definition) is 3. The van der Waals surface area contributed by atoms with E-state index in [1.807, 2.05) is 32.0 Å². The molecule has 1 aromatic heterocycles. The first kappa shape index (κ1) is 18.2. The van der Waals surface area contributed by atoms with Crippen LogP contribution in [0.3, 0.4) is 0 Å². The number of phenols is 1. The number of aromatic hydroxyl groups is 1. The van der Waals surface area contributed by atoms with Crippen molar-refractivity contribution in [2.75, 3.05) is 0 Å². The first-order valence-corrected chi connectivity index (χ1v) is 8.27. The van der Waals surface area contributed by atoms with Gasteiger partial charge in [-0.1, -0.05) is 6.07 Å². The number of nitrogens with zero attached hydrogens (tertiary/aromatic N) is 2. The normalized spacial score (nSPS) is 11.2. The third-order valence-corrected chi connectivity index (χ3v) is 4.42. The predicted octanol–water partition coefficient (Wildman–Crippen LogP) is 3.25. The number of benzene rings is 2. The molecule has 0 saturated carbocycles. The van der Waals surface area contributed by atoms with Crippen molar-refractivity contribution < 1.29 is 15.0 Å². The summed E-state index contributed by atoms with van der Waals surface area (Å²) in [5, 5.41) is 21.7. The maximum Gasteiger partial charge on any atom is 0.339 e. The SMILES string of the molecule is Cc1ccc(-n2[nH]c(C)c(C=Nc3ccc(O)c(C(=O)O)c3)c2=O)cc1C. The van der Waals surface area contributed by atoms with Crippen LogP contribution in [0.5, 0.6) is 5.75 Å². The molecule has 7 nitrogen and oxygen atoms in total. The quantitative estimate of drug-likeness (QED) is 0.617. The van der Waals surface area contributed by atoms with E-state index in [1.54, 1.807) is 6.92 Å². The summed E-state index contributed by atoms with van der Waals surface area (Å²) < 4.78 is 1.45. The summed E-state index contributed by atoms with van der Waals surface area (Å²) in [5.41, 5.74) is 3.77. The summed E-state index contributed by atoms with van der Waals surface area (Å²) in [7, 11) is 0. The highest BCUT2D eigenvalue weighted by Crippen LogP contribution is 2.23. The number of aryl methyl sites for hydroxylation is 3. The van der Waals surface area contributed by atoms with Gasteiger partial charge in [0.05, 0.1) is 16.9 Å². The number of aromatic amines is 1. The summed E-state index contributed by atoms with van der Waals surface area (Å²) in [4.78, 5) is 28.0. The minimum atomic E-state index is -1.25. The van der Waals surface area contributed by atoms with E-state index in [-0.39, 0.29) is 16.9 Å². The number of carboxylic acids is 1. The van der Waals surface area contributed by atoms with Gasteiger partial charge in [-0.3, -0.25) is 14.9 Å². The molecule has 2 aromatic carbocycles. The maximum absolute atomic E-state index is 12.7. The highest BCUT2D eigenvalue weighted by Gasteiger charge is 2.12. The van der Waals surface area contributed by atoms with Gasteiger partial charge in [-0.25, -0.2) is 9.48 Å². The molecule has 0 saturated heterocycles. The van der Waals surface area contributed by atoms with Crippen molar-refractivity contribution in [3.63, 3.8) is 0 Å². The Morgan fingerprint density at radius 1 is 1.11 bits per heavy atom. The van der Waals surface area contributed by atoms with Crippen molar-refractivity contribution in [2.45, 2.75) is 20.8 Å². The molecule has 27 heavy (non-hydrogen) atoms. The number of aromatic nitrogens is 2. The number of carboxylic acid groups (broad SMARTS) is 1. The molecule has 3 aromatic rings. The van der Waals surface area contributed by atoms with E-state index in [9.17, 15) is 14.7 Å². The summed E-state index contributed by atoms with van der Waals surface area (Å²) in [6.07, 6.45) is 1.39. The topological polar surface area (TPSA) is 108 Å². The molecule has 138 valence electrons. The van der Waals surface area contributed by atoms with Crippen LogP contribution in [-0.2, 0) is 0 Å². The molecule has 7 heteroatoms. The van der Waals surface area contributed by atoms with Crippen molar-refractivity contribution in [3.05, 3.63) is 74.7 Å². The highest BCUT2D eigenvalue weighted by molar-refractivity contribution is 5.92. The highest BCUT2D eigenvalue weighted by atomic mass is 16.4. The molecule has 3 rings (SSSR count). The van der Waals surface area contributed by atoms with Gasteiger partial charge in [0.15, 0.2) is 0 Å². The van der Waals surface area contributed by atoms with E-state index in [4.69, 9.17) is 5.11 Å². The van der Waals surface area contributed by atoms with Crippen molar-refractivity contribution in [1.82, 2.24) is 9.78 Å². The lowest BCUT2D eigenvalue weighted by atomic mass is 10.1. The van der Waals surface area contributed by atoms with Crippen LogP contribution in [-0.4, -0.2) is 32.2 Å². The molecule has 0 aliphatic rings. The third-order valence-electron chi connectivity index (χ3n) is 4.42. The summed E-state index contributed by atoms with van der Waals surface area (Å²) >= 11 is 0. The Balaban J connectivity index is 1.99. The molecule has 0 unspecified atom stereocenters. The lowest BCUT2D eigenvalue weighted by molar-refractivity contribution is 0.0694. The van der Waals surface area contributed by atoms with E-state index in [1.165, 1.54) is 29.1 Å². The molecule has 3 N–H and O–H groups in total. The Morgan fingerprint density at radius 3 is 2.52 bits per heavy atom. The molecule has 1 heterocycles. The van der Waals surface area contributed by atoms with Gasteiger partial charge in [0.1, 0.15) is 11.3 Å². The molecule has 0 amide bonds. The van der Waals surface area contributed by atoms with Gasteiger partial charge >= 0.3 is 5.97 Å². The average Bonchev–Trinajstić information content (AvgIpc) is 2.90. The zero-order valence-corrected chi connectivity index (χ0v) is 15.1. The van der Waals surface area contributed by atoms with Crippen molar-refractivity contribution >= 4 is 17.9 Å². The second-order valence-electron chi connectivity index (χ2n) is 6.32. The van der Waals surface area contributed by atoms with Gasteiger partial charge in [0.25, 0.3) is 5.56 Å². The molecular formula is C20H19N3O4. The van der Waals surface area contributed by atoms with Crippen LogP contribution in [0.2, 0.25) is 0 Å². The lowest BCUT2D eigenvalue weighted by Gasteiger charge is -2.05. The van der Waals surface area contributed by atoms with Gasteiger partial charge in [-0.15, -0.1) is 0 Å². The molecule has 0 aliphatic carbocycles. The zero-order valence-electron chi connectivity index (χ0n) is 15.1. The summed E-state index contributed by atoms with van der Waals surface area (Å²) in [6.45, 7) is 5.75. The van der Waals surface area contributed by atoms with Gasteiger partial charge in [0.2, 0.25) is 0 Å². The van der Waals surface area contributed by atoms with Crippen LogP contribution in [0.25, 0.3) is 5.69 Å². The van der Waals surface area contributed by atoms with Crippen LogP contribution in [0.4, 0.5) is 5.69 Å². The van der Waals surface area contributed by atoms with Gasteiger partial charge < -0.3 is 10.2 Å². The number of nitrogens with one attached hydrogen (secondary N) is 1. The molecule has 0 atom stereocenters. The monoisotopic (exact) mass is 365 g/mol. The first-order chi connectivity index (χ1) is 12.8. The Labute approximate surface area is 155 Å². The van der Waals surface area contributed by atoms with E-state index in [0.29, 0.717) is 16.9 Å². The number of H-pyrrole nitrogens is 1. The number of hydrogen-bond acceptors (Lipinski definition) is 4. The predicted molar refractivity (Wildman–Crippen MR) is 103 cm³/mol. The minimum Gasteiger partial charge on any atom is -0.507 e.